The molecule has 0 amide bonds. The molecule has 1 aliphatic heterocycles. The van der Waals surface area contributed by atoms with Crippen molar-refractivity contribution in [3.8, 4) is 5.75 Å². The fourth-order valence-electron chi connectivity index (χ4n) is 2.15. The largest absolute Gasteiger partial charge is 0.493 e. The van der Waals surface area contributed by atoms with E-state index in [4.69, 9.17) is 9.47 Å². The molecule has 0 radical (unpaired) electrons. The minimum atomic E-state index is -0.954. The Labute approximate surface area is 119 Å². The smallest absolute Gasteiger partial charge is 0.339 e. The van der Waals surface area contributed by atoms with Crippen LogP contribution < -0.4 is 9.64 Å². The third-order valence-electron chi connectivity index (χ3n) is 3.33. The Morgan fingerprint density at radius 1 is 1.40 bits per heavy atom. The predicted molar refractivity (Wildman–Crippen MR) is 76.8 cm³/mol. The van der Waals surface area contributed by atoms with E-state index in [1.807, 2.05) is 12.1 Å². The summed E-state index contributed by atoms with van der Waals surface area (Å²) in [7, 11) is 0. The molecule has 5 nitrogen and oxygen atoms in total. The van der Waals surface area contributed by atoms with Crippen molar-refractivity contribution in [3.05, 3.63) is 23.8 Å². The molecule has 1 aromatic carbocycles. The number of carboxylic acids is 1. The van der Waals surface area contributed by atoms with Crippen LogP contribution in [0.5, 0.6) is 5.75 Å². The zero-order valence-corrected chi connectivity index (χ0v) is 11.8. The molecule has 1 aliphatic rings. The van der Waals surface area contributed by atoms with Gasteiger partial charge in [-0.1, -0.05) is 13.3 Å². The van der Waals surface area contributed by atoms with Gasteiger partial charge in [0.1, 0.15) is 11.3 Å². The van der Waals surface area contributed by atoms with Crippen molar-refractivity contribution in [2.75, 3.05) is 37.8 Å². The highest BCUT2D eigenvalue weighted by molar-refractivity contribution is 5.91. The number of benzene rings is 1. The van der Waals surface area contributed by atoms with Crippen molar-refractivity contribution < 1.29 is 19.4 Å². The SMILES string of the molecule is CCCCOc1cc(N2CCOCC2)ccc1C(=O)O. The van der Waals surface area contributed by atoms with Crippen LogP contribution in [0.15, 0.2) is 18.2 Å². The van der Waals surface area contributed by atoms with Gasteiger partial charge in [-0.05, 0) is 18.6 Å². The van der Waals surface area contributed by atoms with E-state index in [1.165, 1.54) is 0 Å². The Hall–Kier alpha value is -1.75. The Morgan fingerprint density at radius 2 is 2.15 bits per heavy atom. The third-order valence-corrected chi connectivity index (χ3v) is 3.33. The Morgan fingerprint density at radius 3 is 2.80 bits per heavy atom. The van der Waals surface area contributed by atoms with Gasteiger partial charge in [-0.3, -0.25) is 0 Å². The molecule has 5 heteroatoms. The maximum Gasteiger partial charge on any atom is 0.339 e. The Kier molecular flexibility index (Phi) is 5.24. The fraction of sp³-hybridized carbons (Fsp3) is 0.533. The van der Waals surface area contributed by atoms with Gasteiger partial charge in [0.05, 0.1) is 19.8 Å². The number of unbranched alkanes of at least 4 members (excludes halogenated alkanes) is 1. The molecule has 2 rings (SSSR count). The maximum atomic E-state index is 11.2. The molecule has 1 aromatic rings. The van der Waals surface area contributed by atoms with Crippen molar-refractivity contribution in [2.45, 2.75) is 19.8 Å². The van der Waals surface area contributed by atoms with E-state index >= 15 is 0 Å². The quantitative estimate of drug-likeness (QED) is 0.810. The number of hydrogen-bond acceptors (Lipinski definition) is 4. The number of anilines is 1. The summed E-state index contributed by atoms with van der Waals surface area (Å²) in [6.07, 6.45) is 1.94. The molecule has 0 aromatic heterocycles. The number of rotatable bonds is 6. The standard InChI is InChI=1S/C15H21NO4/c1-2-3-8-20-14-11-12(4-5-13(14)15(17)18)16-6-9-19-10-7-16/h4-5,11H,2-3,6-10H2,1H3,(H,17,18). The molecular weight excluding hydrogens is 258 g/mol. The van der Waals surface area contributed by atoms with Gasteiger partial charge in [-0.2, -0.15) is 0 Å². The lowest BCUT2D eigenvalue weighted by atomic mass is 10.1. The van der Waals surface area contributed by atoms with E-state index in [0.29, 0.717) is 25.6 Å². The first-order valence-corrected chi connectivity index (χ1v) is 7.05. The predicted octanol–water partition coefficient (Wildman–Crippen LogP) is 2.40. The van der Waals surface area contributed by atoms with Crippen LogP contribution in [0.3, 0.4) is 0 Å². The molecule has 0 aliphatic carbocycles. The number of aromatic carboxylic acids is 1. The lowest BCUT2D eigenvalue weighted by molar-refractivity contribution is 0.0692. The second kappa shape index (κ2) is 7.14. The Balaban J connectivity index is 2.17. The van der Waals surface area contributed by atoms with Crippen LogP contribution in [0.4, 0.5) is 5.69 Å². The normalized spacial score (nSPS) is 15.2. The van der Waals surface area contributed by atoms with Crippen molar-refractivity contribution in [1.29, 1.82) is 0 Å². The molecule has 1 fully saturated rings. The summed E-state index contributed by atoms with van der Waals surface area (Å²) in [6, 6.07) is 5.28. The van der Waals surface area contributed by atoms with Gasteiger partial charge in [-0.15, -0.1) is 0 Å². The Bertz CT molecular complexity index is 455. The molecule has 0 atom stereocenters. The summed E-state index contributed by atoms with van der Waals surface area (Å²) in [5.41, 5.74) is 1.21. The summed E-state index contributed by atoms with van der Waals surface area (Å²) >= 11 is 0. The zero-order chi connectivity index (χ0) is 14.4. The highest BCUT2D eigenvalue weighted by atomic mass is 16.5. The van der Waals surface area contributed by atoms with Crippen LogP contribution in [0.25, 0.3) is 0 Å². The highest BCUT2D eigenvalue weighted by Crippen LogP contribution is 2.27. The molecule has 0 saturated carbocycles. The number of carboxylic acid groups (broad SMARTS) is 1. The van der Waals surface area contributed by atoms with E-state index in [2.05, 4.69) is 11.8 Å². The number of hydrogen-bond donors (Lipinski definition) is 1. The van der Waals surface area contributed by atoms with Gasteiger partial charge < -0.3 is 19.5 Å². The van der Waals surface area contributed by atoms with Gasteiger partial charge in [0, 0.05) is 24.8 Å². The minimum absolute atomic E-state index is 0.220. The fourth-order valence-corrected chi connectivity index (χ4v) is 2.15. The van der Waals surface area contributed by atoms with Crippen LogP contribution in [0, 0.1) is 0 Å². The summed E-state index contributed by atoms with van der Waals surface area (Å²) in [5, 5.41) is 9.21. The van der Waals surface area contributed by atoms with Crippen LogP contribution in [0.1, 0.15) is 30.1 Å². The monoisotopic (exact) mass is 279 g/mol. The summed E-state index contributed by atoms with van der Waals surface area (Å²) in [5.74, 6) is -0.500. The van der Waals surface area contributed by atoms with Gasteiger partial charge in [-0.25, -0.2) is 4.79 Å². The number of nitrogens with zero attached hydrogens (tertiary/aromatic N) is 1. The van der Waals surface area contributed by atoms with Gasteiger partial charge in [0.25, 0.3) is 0 Å². The lowest BCUT2D eigenvalue weighted by Gasteiger charge is -2.29. The molecule has 0 unspecified atom stereocenters. The summed E-state index contributed by atoms with van der Waals surface area (Å²) < 4.78 is 11.0. The number of carbonyl (C=O) groups is 1. The molecular formula is C15H21NO4. The molecule has 1 saturated heterocycles. The number of ether oxygens (including phenoxy) is 2. The minimum Gasteiger partial charge on any atom is -0.493 e. The van der Waals surface area contributed by atoms with E-state index in [1.54, 1.807) is 6.07 Å². The molecule has 1 heterocycles. The highest BCUT2D eigenvalue weighted by Gasteiger charge is 2.16. The van der Waals surface area contributed by atoms with E-state index in [0.717, 1.165) is 31.6 Å². The average molecular weight is 279 g/mol. The molecule has 20 heavy (non-hydrogen) atoms. The molecule has 110 valence electrons. The van der Waals surface area contributed by atoms with Crippen LogP contribution >= 0.6 is 0 Å². The van der Waals surface area contributed by atoms with Crippen molar-refractivity contribution >= 4 is 11.7 Å². The first-order valence-electron chi connectivity index (χ1n) is 7.05. The van der Waals surface area contributed by atoms with Crippen LogP contribution in [0.2, 0.25) is 0 Å². The van der Waals surface area contributed by atoms with Gasteiger partial charge in [0.15, 0.2) is 0 Å². The lowest BCUT2D eigenvalue weighted by Crippen LogP contribution is -2.36. The topological polar surface area (TPSA) is 59.0 Å². The second-order valence-corrected chi connectivity index (χ2v) is 4.79. The second-order valence-electron chi connectivity index (χ2n) is 4.79. The van der Waals surface area contributed by atoms with Crippen molar-refractivity contribution in [1.82, 2.24) is 0 Å². The van der Waals surface area contributed by atoms with Gasteiger partial charge >= 0.3 is 5.97 Å². The average Bonchev–Trinajstić information content (AvgIpc) is 2.48. The number of morpholine rings is 1. The maximum absolute atomic E-state index is 11.2. The summed E-state index contributed by atoms with van der Waals surface area (Å²) in [6.45, 7) is 5.66. The van der Waals surface area contributed by atoms with Gasteiger partial charge in [0.2, 0.25) is 0 Å². The van der Waals surface area contributed by atoms with Crippen LogP contribution in [-0.2, 0) is 4.74 Å². The first kappa shape index (κ1) is 14.7. The summed E-state index contributed by atoms with van der Waals surface area (Å²) in [4.78, 5) is 13.4. The van der Waals surface area contributed by atoms with Crippen LogP contribution in [-0.4, -0.2) is 44.0 Å². The van der Waals surface area contributed by atoms with E-state index < -0.39 is 5.97 Å². The van der Waals surface area contributed by atoms with Crippen molar-refractivity contribution in [2.24, 2.45) is 0 Å². The first-order chi connectivity index (χ1) is 9.72. The third kappa shape index (κ3) is 3.63. The zero-order valence-electron chi connectivity index (χ0n) is 11.8. The van der Waals surface area contributed by atoms with E-state index in [9.17, 15) is 9.90 Å². The molecule has 0 bridgehead atoms. The van der Waals surface area contributed by atoms with Crippen molar-refractivity contribution in [3.63, 3.8) is 0 Å². The molecule has 1 N–H and O–H groups in total. The molecule has 0 spiro atoms. The van der Waals surface area contributed by atoms with E-state index in [-0.39, 0.29) is 5.56 Å².